The molecule has 0 aromatic heterocycles. The molecular weight excluding hydrogens is 658 g/mol. The van der Waals surface area contributed by atoms with Gasteiger partial charge in [0.15, 0.2) is 9.84 Å². The standard InChI is InChI=1S/C36H39ClF2N4O4S/c1-24-21-40-23-36(43-24,48(45,46)30-16-14-29(47-2)15-17-30)19-18-31-32(39)4-3-5-33(31)42-34(20-25-6-10-27(37)11-7-25)35(44)41-22-26-8-12-28(38)13-9-26/h3-17,24,34,40,42-43H,18-23H2,1-2H3,(H,41,44)/t24-,34-,36-/m0/s1. The van der Waals surface area contributed by atoms with Gasteiger partial charge < -0.3 is 20.7 Å². The molecule has 1 saturated heterocycles. The molecule has 0 bridgehead atoms. The van der Waals surface area contributed by atoms with E-state index in [1.165, 1.54) is 37.4 Å². The van der Waals surface area contributed by atoms with E-state index in [2.05, 4.69) is 21.3 Å². The van der Waals surface area contributed by atoms with Crippen molar-refractivity contribution >= 4 is 33.0 Å². The minimum atomic E-state index is -3.96. The Morgan fingerprint density at radius 1 is 1.00 bits per heavy atom. The molecule has 4 N–H and O–H groups in total. The first-order chi connectivity index (χ1) is 23.0. The fourth-order valence-corrected chi connectivity index (χ4v) is 8.02. The fourth-order valence-electron chi connectivity index (χ4n) is 5.93. The number of methoxy groups -OCH3 is 1. The van der Waals surface area contributed by atoms with E-state index in [1.54, 1.807) is 48.5 Å². The van der Waals surface area contributed by atoms with Crippen LogP contribution in [0.25, 0.3) is 0 Å². The summed E-state index contributed by atoms with van der Waals surface area (Å²) in [7, 11) is -2.46. The topological polar surface area (TPSA) is 109 Å². The van der Waals surface area contributed by atoms with E-state index in [0.717, 1.165) is 5.56 Å². The molecule has 0 aliphatic carbocycles. The maximum atomic E-state index is 15.6. The molecule has 1 aliphatic rings. The predicted octanol–water partition coefficient (Wildman–Crippen LogP) is 5.65. The SMILES string of the molecule is COc1ccc(S(=O)(=O)[C@@]2(CCc3c(F)cccc3N[C@@H](Cc3ccc(Cl)cc3)C(=O)NCc3ccc(F)cc3)CNC[C@H](C)N2)cc1. The van der Waals surface area contributed by atoms with Crippen LogP contribution in [0.4, 0.5) is 14.5 Å². The lowest BCUT2D eigenvalue weighted by molar-refractivity contribution is -0.122. The summed E-state index contributed by atoms with van der Waals surface area (Å²) in [6.45, 7) is 2.75. The molecule has 1 fully saturated rings. The first-order valence-electron chi connectivity index (χ1n) is 15.7. The largest absolute Gasteiger partial charge is 0.497 e. The number of rotatable bonds is 13. The van der Waals surface area contributed by atoms with Crippen LogP contribution in [0.2, 0.25) is 5.02 Å². The number of amides is 1. The molecule has 5 rings (SSSR count). The van der Waals surface area contributed by atoms with Gasteiger partial charge in [0, 0.05) is 48.4 Å². The summed E-state index contributed by atoms with van der Waals surface area (Å²) in [4.78, 5) is 12.3. The van der Waals surface area contributed by atoms with Crippen LogP contribution >= 0.6 is 11.6 Å². The second kappa shape index (κ2) is 15.5. The highest BCUT2D eigenvalue weighted by Crippen LogP contribution is 2.33. The normalized spacial score (nSPS) is 18.6. The van der Waals surface area contributed by atoms with Crippen molar-refractivity contribution in [3.63, 3.8) is 0 Å². The van der Waals surface area contributed by atoms with Gasteiger partial charge in [-0.05, 0) is 91.6 Å². The van der Waals surface area contributed by atoms with Crippen LogP contribution in [0.15, 0.2) is 95.9 Å². The van der Waals surface area contributed by atoms with Crippen LogP contribution in [0.5, 0.6) is 5.75 Å². The molecule has 48 heavy (non-hydrogen) atoms. The molecule has 0 radical (unpaired) electrons. The lowest BCUT2D eigenvalue weighted by atomic mass is 9.99. The zero-order valence-corrected chi connectivity index (χ0v) is 28.3. The first-order valence-corrected chi connectivity index (χ1v) is 17.5. The molecule has 1 aliphatic heterocycles. The second-order valence-electron chi connectivity index (χ2n) is 12.0. The smallest absolute Gasteiger partial charge is 0.243 e. The van der Waals surface area contributed by atoms with Gasteiger partial charge in [-0.25, -0.2) is 17.2 Å². The highest BCUT2D eigenvalue weighted by Gasteiger charge is 2.47. The third kappa shape index (κ3) is 8.33. The zero-order valence-electron chi connectivity index (χ0n) is 26.7. The summed E-state index contributed by atoms with van der Waals surface area (Å²) >= 11 is 6.09. The summed E-state index contributed by atoms with van der Waals surface area (Å²) in [5.41, 5.74) is 2.17. The van der Waals surface area contributed by atoms with E-state index in [1.807, 2.05) is 19.1 Å². The Bertz CT molecular complexity index is 1810. The molecule has 4 aromatic carbocycles. The lowest BCUT2D eigenvalue weighted by Gasteiger charge is -2.41. The van der Waals surface area contributed by atoms with Crippen LogP contribution < -0.4 is 26.0 Å². The molecule has 0 unspecified atom stereocenters. The Morgan fingerprint density at radius 2 is 1.69 bits per heavy atom. The minimum absolute atomic E-state index is 0.0485. The van der Waals surface area contributed by atoms with E-state index in [4.69, 9.17) is 16.3 Å². The number of hydrogen-bond donors (Lipinski definition) is 4. The summed E-state index contributed by atoms with van der Waals surface area (Å²) < 4.78 is 62.7. The third-order valence-electron chi connectivity index (χ3n) is 8.53. The van der Waals surface area contributed by atoms with E-state index < -0.39 is 26.6 Å². The van der Waals surface area contributed by atoms with Crippen LogP contribution in [0.3, 0.4) is 0 Å². The Balaban J connectivity index is 1.42. The van der Waals surface area contributed by atoms with Crippen molar-refractivity contribution in [1.82, 2.24) is 16.0 Å². The van der Waals surface area contributed by atoms with E-state index in [0.29, 0.717) is 28.6 Å². The Labute approximate surface area is 285 Å². The van der Waals surface area contributed by atoms with Crippen molar-refractivity contribution in [3.05, 3.63) is 124 Å². The number of hydrogen-bond acceptors (Lipinski definition) is 7. The Hall–Kier alpha value is -4.03. The highest BCUT2D eigenvalue weighted by molar-refractivity contribution is 7.92. The van der Waals surface area contributed by atoms with E-state index >= 15 is 4.39 Å². The lowest BCUT2D eigenvalue weighted by Crippen LogP contribution is -2.66. The maximum Gasteiger partial charge on any atom is 0.243 e. The molecule has 0 saturated carbocycles. The van der Waals surface area contributed by atoms with Gasteiger partial charge in [-0.2, -0.15) is 0 Å². The summed E-state index contributed by atoms with van der Waals surface area (Å²) in [6, 6.07) is 22.7. The molecule has 8 nitrogen and oxygen atoms in total. The molecule has 254 valence electrons. The summed E-state index contributed by atoms with van der Waals surface area (Å²) in [6.07, 6.45) is 0.352. The second-order valence-corrected chi connectivity index (χ2v) is 14.7. The number of piperazine rings is 1. The van der Waals surface area contributed by atoms with Crippen molar-refractivity contribution < 1.29 is 26.7 Å². The van der Waals surface area contributed by atoms with Gasteiger partial charge in [-0.1, -0.05) is 41.9 Å². The molecule has 1 heterocycles. The fraction of sp³-hybridized carbons (Fsp3) is 0.306. The monoisotopic (exact) mass is 696 g/mol. The highest BCUT2D eigenvalue weighted by atomic mass is 35.5. The van der Waals surface area contributed by atoms with Gasteiger partial charge in [0.05, 0.1) is 12.0 Å². The number of ether oxygens (including phenoxy) is 1. The van der Waals surface area contributed by atoms with E-state index in [9.17, 15) is 17.6 Å². The maximum absolute atomic E-state index is 15.6. The van der Waals surface area contributed by atoms with Gasteiger partial charge in [-0.15, -0.1) is 0 Å². The molecular formula is C36H39ClF2N4O4S. The van der Waals surface area contributed by atoms with Crippen LogP contribution in [0, 0.1) is 11.6 Å². The number of carbonyl (C=O) groups is 1. The first kappa shape index (κ1) is 35.3. The van der Waals surface area contributed by atoms with Crippen LogP contribution in [-0.2, 0) is 34.0 Å². The molecule has 12 heteroatoms. The van der Waals surface area contributed by atoms with Crippen molar-refractivity contribution in [2.24, 2.45) is 0 Å². The number of carbonyl (C=O) groups excluding carboxylic acids is 1. The molecule has 4 aromatic rings. The number of anilines is 1. The van der Waals surface area contributed by atoms with Crippen LogP contribution in [-0.4, -0.2) is 51.5 Å². The van der Waals surface area contributed by atoms with Crippen molar-refractivity contribution in [1.29, 1.82) is 0 Å². The van der Waals surface area contributed by atoms with Crippen molar-refractivity contribution in [2.45, 2.75) is 54.6 Å². The Kier molecular flexibility index (Phi) is 11.4. The zero-order chi connectivity index (χ0) is 34.3. The molecule has 0 spiro atoms. The van der Waals surface area contributed by atoms with Gasteiger partial charge >= 0.3 is 0 Å². The average molecular weight is 697 g/mol. The summed E-state index contributed by atoms with van der Waals surface area (Å²) in [5.74, 6) is -0.720. The summed E-state index contributed by atoms with van der Waals surface area (Å²) in [5, 5.41) is 13.2. The Morgan fingerprint density at radius 3 is 2.35 bits per heavy atom. The molecule has 3 atom stereocenters. The predicted molar refractivity (Wildman–Crippen MR) is 184 cm³/mol. The number of benzene rings is 4. The third-order valence-corrected chi connectivity index (χ3v) is 11.2. The number of halogens is 3. The van der Waals surface area contributed by atoms with Crippen molar-refractivity contribution in [3.8, 4) is 5.75 Å². The van der Waals surface area contributed by atoms with Gasteiger partial charge in [0.25, 0.3) is 0 Å². The molecule has 1 amide bonds. The minimum Gasteiger partial charge on any atom is -0.497 e. The number of nitrogens with one attached hydrogen (secondary N) is 4. The quantitative estimate of drug-likeness (QED) is 0.143. The number of sulfone groups is 1. The van der Waals surface area contributed by atoms with E-state index in [-0.39, 0.29) is 60.6 Å². The van der Waals surface area contributed by atoms with Crippen LogP contribution in [0.1, 0.15) is 30.0 Å². The van der Waals surface area contributed by atoms with Gasteiger partial charge in [-0.3, -0.25) is 10.1 Å². The van der Waals surface area contributed by atoms with Gasteiger partial charge in [0.1, 0.15) is 28.3 Å². The van der Waals surface area contributed by atoms with Crippen molar-refractivity contribution in [2.75, 3.05) is 25.5 Å². The average Bonchev–Trinajstić information content (AvgIpc) is 3.08. The van der Waals surface area contributed by atoms with Gasteiger partial charge in [0.2, 0.25) is 5.91 Å².